The number of rotatable bonds is 1. The van der Waals surface area contributed by atoms with Crippen molar-refractivity contribution in [3.05, 3.63) is 18.1 Å². The van der Waals surface area contributed by atoms with Crippen LogP contribution in [0.3, 0.4) is 0 Å². The minimum atomic E-state index is 0.593. The predicted molar refractivity (Wildman–Crippen MR) is 39.1 cm³/mol. The summed E-state index contributed by atoms with van der Waals surface area (Å²) in [5.74, 6) is 0.593. The Bertz CT molecular complexity index is 243. The van der Waals surface area contributed by atoms with E-state index in [1.165, 1.54) is 12.7 Å². The number of aliphatic imine (C=N–C) groups is 1. The van der Waals surface area contributed by atoms with Crippen molar-refractivity contribution in [2.45, 2.75) is 6.92 Å². The molecule has 0 aliphatic rings. The van der Waals surface area contributed by atoms with Gasteiger partial charge < -0.3 is 5.73 Å². The van der Waals surface area contributed by atoms with Crippen LogP contribution in [0.15, 0.2) is 17.4 Å². The number of aromatic nitrogens is 2. The average molecular weight is 136 g/mol. The maximum atomic E-state index is 5.06. The number of nitrogens with two attached hydrogens (primary N) is 1. The van der Waals surface area contributed by atoms with Crippen LogP contribution in [0.1, 0.15) is 5.69 Å². The fourth-order valence-electron chi connectivity index (χ4n) is 0.587. The molecule has 0 aliphatic carbocycles. The predicted octanol–water partition coefficient (Wildman–Crippen LogP) is 0.404. The Hall–Kier alpha value is -1.45. The molecule has 0 aromatic carbocycles. The summed E-state index contributed by atoms with van der Waals surface area (Å²) < 4.78 is 0. The van der Waals surface area contributed by atoms with Crippen LogP contribution in [-0.2, 0) is 0 Å². The van der Waals surface area contributed by atoms with Crippen molar-refractivity contribution in [3.63, 3.8) is 0 Å². The molecule has 52 valence electrons. The van der Waals surface area contributed by atoms with Crippen molar-refractivity contribution in [1.29, 1.82) is 0 Å². The molecule has 0 bridgehead atoms. The molecule has 4 heteroatoms. The maximum absolute atomic E-state index is 5.06. The Balaban J connectivity index is 2.95. The van der Waals surface area contributed by atoms with E-state index in [4.69, 9.17) is 5.73 Å². The number of hydrogen-bond acceptors (Lipinski definition) is 3. The lowest BCUT2D eigenvalue weighted by Gasteiger charge is -1.90. The summed E-state index contributed by atoms with van der Waals surface area (Å²) in [4.78, 5) is 11.5. The summed E-state index contributed by atoms with van der Waals surface area (Å²) in [7, 11) is 0. The molecule has 1 aromatic heterocycles. The van der Waals surface area contributed by atoms with Crippen molar-refractivity contribution in [1.82, 2.24) is 9.97 Å². The lowest BCUT2D eigenvalue weighted by molar-refractivity contribution is 1.09. The highest BCUT2D eigenvalue weighted by Gasteiger charge is 1.88. The molecule has 1 heterocycles. The smallest absolute Gasteiger partial charge is 0.157 e. The summed E-state index contributed by atoms with van der Waals surface area (Å²) in [5, 5.41) is 0. The van der Waals surface area contributed by atoms with E-state index in [2.05, 4.69) is 15.0 Å². The van der Waals surface area contributed by atoms with Gasteiger partial charge in [-0.3, -0.25) is 0 Å². The van der Waals surface area contributed by atoms with Gasteiger partial charge in [-0.15, -0.1) is 0 Å². The lowest BCUT2D eigenvalue weighted by Crippen LogP contribution is -1.88. The highest BCUT2D eigenvalue weighted by molar-refractivity contribution is 5.56. The molecule has 4 nitrogen and oxygen atoms in total. The normalized spacial score (nSPS) is 10.5. The van der Waals surface area contributed by atoms with Gasteiger partial charge >= 0.3 is 0 Å². The number of hydrogen-bond donors (Lipinski definition) is 1. The first kappa shape index (κ1) is 6.67. The molecular weight excluding hydrogens is 128 g/mol. The second-order valence-electron chi connectivity index (χ2n) is 1.80. The Morgan fingerprint density at radius 1 is 1.60 bits per heavy atom. The van der Waals surface area contributed by atoms with Gasteiger partial charge in [-0.1, -0.05) is 0 Å². The van der Waals surface area contributed by atoms with Crippen molar-refractivity contribution in [2.24, 2.45) is 10.7 Å². The zero-order chi connectivity index (χ0) is 7.40. The van der Waals surface area contributed by atoms with E-state index in [0.29, 0.717) is 5.82 Å². The fourth-order valence-corrected chi connectivity index (χ4v) is 0.587. The molecule has 0 aliphatic heterocycles. The minimum absolute atomic E-state index is 0.593. The van der Waals surface area contributed by atoms with Crippen LogP contribution >= 0.6 is 0 Å². The van der Waals surface area contributed by atoms with Gasteiger partial charge in [0.15, 0.2) is 5.82 Å². The highest BCUT2D eigenvalue weighted by atomic mass is 15.0. The third-order valence-corrected chi connectivity index (χ3v) is 0.996. The molecule has 0 saturated heterocycles. The second kappa shape index (κ2) is 2.91. The van der Waals surface area contributed by atoms with Gasteiger partial charge in [-0.05, 0) is 6.92 Å². The van der Waals surface area contributed by atoms with Crippen LogP contribution in [0, 0.1) is 6.92 Å². The summed E-state index contributed by atoms with van der Waals surface area (Å²) >= 11 is 0. The monoisotopic (exact) mass is 136 g/mol. The van der Waals surface area contributed by atoms with E-state index < -0.39 is 0 Å². The first-order valence-electron chi connectivity index (χ1n) is 2.86. The van der Waals surface area contributed by atoms with E-state index in [-0.39, 0.29) is 0 Å². The van der Waals surface area contributed by atoms with Crippen LogP contribution < -0.4 is 5.73 Å². The quantitative estimate of drug-likeness (QED) is 0.449. The molecule has 0 unspecified atom stereocenters. The third-order valence-electron chi connectivity index (χ3n) is 0.996. The van der Waals surface area contributed by atoms with Crippen LogP contribution in [0.25, 0.3) is 0 Å². The largest absolute Gasteiger partial charge is 0.390 e. The van der Waals surface area contributed by atoms with Crippen molar-refractivity contribution < 1.29 is 0 Å². The summed E-state index contributed by atoms with van der Waals surface area (Å²) in [6, 6.07) is 1.75. The van der Waals surface area contributed by atoms with Crippen LogP contribution in [0.2, 0.25) is 0 Å². The number of nitrogens with zero attached hydrogens (tertiary/aromatic N) is 3. The first-order valence-corrected chi connectivity index (χ1v) is 2.86. The van der Waals surface area contributed by atoms with Crippen molar-refractivity contribution >= 4 is 12.2 Å². The topological polar surface area (TPSA) is 64.2 Å². The molecule has 10 heavy (non-hydrogen) atoms. The van der Waals surface area contributed by atoms with Crippen LogP contribution in [0.5, 0.6) is 0 Å². The summed E-state index contributed by atoms with van der Waals surface area (Å²) in [6.07, 6.45) is 2.67. The first-order chi connectivity index (χ1) is 4.83. The molecule has 0 amide bonds. The van der Waals surface area contributed by atoms with E-state index in [1.54, 1.807) is 6.07 Å². The van der Waals surface area contributed by atoms with Gasteiger partial charge in [0.2, 0.25) is 0 Å². The summed E-state index contributed by atoms with van der Waals surface area (Å²) in [5.41, 5.74) is 5.94. The molecule has 2 N–H and O–H groups in total. The molecule has 0 radical (unpaired) electrons. The van der Waals surface area contributed by atoms with Gasteiger partial charge in [0.1, 0.15) is 6.33 Å². The number of aryl methyl sites for hydroxylation is 1. The molecule has 0 atom stereocenters. The molecular formula is C6H8N4. The standard InChI is InChI=1S/C6H8N4/c1-5-2-6(8-3-7)10-4-9-5/h2-4H,1H3,(H2,7,8,9,10). The summed E-state index contributed by atoms with van der Waals surface area (Å²) in [6.45, 7) is 1.87. The zero-order valence-electron chi connectivity index (χ0n) is 5.65. The Morgan fingerprint density at radius 3 is 3.00 bits per heavy atom. The Labute approximate surface area is 58.8 Å². The highest BCUT2D eigenvalue weighted by Crippen LogP contribution is 2.04. The third kappa shape index (κ3) is 1.51. The fraction of sp³-hybridized carbons (Fsp3) is 0.167. The molecule has 1 rings (SSSR count). The Kier molecular flexibility index (Phi) is 1.94. The van der Waals surface area contributed by atoms with E-state index in [9.17, 15) is 0 Å². The minimum Gasteiger partial charge on any atom is -0.390 e. The van der Waals surface area contributed by atoms with E-state index >= 15 is 0 Å². The molecule has 0 spiro atoms. The van der Waals surface area contributed by atoms with Crippen molar-refractivity contribution in [2.75, 3.05) is 0 Å². The Morgan fingerprint density at radius 2 is 2.40 bits per heavy atom. The van der Waals surface area contributed by atoms with Gasteiger partial charge in [0.05, 0.1) is 6.34 Å². The van der Waals surface area contributed by atoms with Crippen molar-refractivity contribution in [3.8, 4) is 0 Å². The van der Waals surface area contributed by atoms with Gasteiger partial charge in [-0.25, -0.2) is 15.0 Å². The van der Waals surface area contributed by atoms with E-state index in [1.807, 2.05) is 6.92 Å². The van der Waals surface area contributed by atoms with Gasteiger partial charge in [0.25, 0.3) is 0 Å². The maximum Gasteiger partial charge on any atom is 0.157 e. The van der Waals surface area contributed by atoms with Crippen LogP contribution in [0.4, 0.5) is 5.82 Å². The van der Waals surface area contributed by atoms with Gasteiger partial charge in [-0.2, -0.15) is 0 Å². The van der Waals surface area contributed by atoms with Crippen LogP contribution in [-0.4, -0.2) is 16.3 Å². The van der Waals surface area contributed by atoms with E-state index in [0.717, 1.165) is 5.69 Å². The molecule has 0 saturated carbocycles. The second-order valence-corrected chi connectivity index (χ2v) is 1.80. The SMILES string of the molecule is Cc1cc(N=CN)ncn1. The van der Waals surface area contributed by atoms with Gasteiger partial charge in [0, 0.05) is 11.8 Å². The zero-order valence-corrected chi connectivity index (χ0v) is 5.65. The average Bonchev–Trinajstić information content (AvgIpc) is 1.88. The lowest BCUT2D eigenvalue weighted by atomic mass is 10.4. The molecule has 1 aromatic rings. The molecule has 0 fully saturated rings.